The largest absolute Gasteiger partial charge is 0.497 e. The molecule has 4 rings (SSSR count). The van der Waals surface area contributed by atoms with Gasteiger partial charge in [-0.05, 0) is 37.6 Å². The molecule has 1 aliphatic rings. The SMILES string of the molecule is COc1cccc(-c2ccc(C3CN(C(=O)Cn4nc(C)nc4C)CCO3)nc2)c1. The first-order valence-electron chi connectivity index (χ1n) is 9.91. The summed E-state index contributed by atoms with van der Waals surface area (Å²) in [7, 11) is 1.65. The van der Waals surface area contributed by atoms with Crippen molar-refractivity contribution < 1.29 is 14.3 Å². The summed E-state index contributed by atoms with van der Waals surface area (Å²) in [6.07, 6.45) is 1.58. The van der Waals surface area contributed by atoms with Crippen LogP contribution in [0.5, 0.6) is 5.75 Å². The summed E-state index contributed by atoms with van der Waals surface area (Å²) in [5, 5.41) is 4.28. The maximum atomic E-state index is 12.8. The van der Waals surface area contributed by atoms with E-state index in [1.807, 2.05) is 61.3 Å². The van der Waals surface area contributed by atoms with Crippen molar-refractivity contribution >= 4 is 5.91 Å². The summed E-state index contributed by atoms with van der Waals surface area (Å²) >= 11 is 0. The number of benzene rings is 1. The van der Waals surface area contributed by atoms with Crippen molar-refractivity contribution in [3.05, 3.63) is 59.9 Å². The standard InChI is InChI=1S/C22H25N5O3/c1-15-24-16(2)27(25-15)14-22(28)26-9-10-30-21(13-26)20-8-7-18(12-23-20)17-5-4-6-19(11-17)29-3/h4-8,11-12,21H,9-10,13-14H2,1-3H3. The average Bonchev–Trinajstić information content (AvgIpc) is 3.10. The van der Waals surface area contributed by atoms with Gasteiger partial charge in [-0.2, -0.15) is 5.10 Å². The van der Waals surface area contributed by atoms with E-state index in [0.29, 0.717) is 25.5 Å². The Bertz CT molecular complexity index is 1030. The molecule has 1 atom stereocenters. The van der Waals surface area contributed by atoms with E-state index in [9.17, 15) is 4.79 Å². The zero-order valence-electron chi connectivity index (χ0n) is 17.4. The average molecular weight is 407 g/mol. The number of aromatic nitrogens is 4. The van der Waals surface area contributed by atoms with Crippen LogP contribution >= 0.6 is 0 Å². The minimum atomic E-state index is -0.249. The zero-order chi connectivity index (χ0) is 21.1. The number of morpholine rings is 1. The highest BCUT2D eigenvalue weighted by Gasteiger charge is 2.27. The monoisotopic (exact) mass is 407 g/mol. The summed E-state index contributed by atoms with van der Waals surface area (Å²) < 4.78 is 12.8. The summed E-state index contributed by atoms with van der Waals surface area (Å²) in [5.74, 6) is 2.21. The molecular weight excluding hydrogens is 382 g/mol. The van der Waals surface area contributed by atoms with Crippen molar-refractivity contribution in [3.63, 3.8) is 0 Å². The van der Waals surface area contributed by atoms with Crippen LogP contribution in [0, 0.1) is 13.8 Å². The number of ether oxygens (including phenoxy) is 2. The second-order valence-corrected chi connectivity index (χ2v) is 7.27. The topological polar surface area (TPSA) is 82.4 Å². The van der Waals surface area contributed by atoms with Gasteiger partial charge in [-0.15, -0.1) is 0 Å². The highest BCUT2D eigenvalue weighted by Crippen LogP contribution is 2.26. The number of nitrogens with zero attached hydrogens (tertiary/aromatic N) is 5. The van der Waals surface area contributed by atoms with E-state index in [1.165, 1.54) is 0 Å². The van der Waals surface area contributed by atoms with E-state index in [2.05, 4.69) is 15.1 Å². The van der Waals surface area contributed by atoms with Gasteiger partial charge in [-0.3, -0.25) is 9.78 Å². The molecule has 1 aromatic carbocycles. The van der Waals surface area contributed by atoms with Crippen molar-refractivity contribution in [2.75, 3.05) is 26.8 Å². The van der Waals surface area contributed by atoms with Gasteiger partial charge in [0.2, 0.25) is 5.91 Å². The van der Waals surface area contributed by atoms with Crippen LogP contribution in [-0.4, -0.2) is 57.4 Å². The first-order valence-corrected chi connectivity index (χ1v) is 9.91. The molecule has 156 valence electrons. The summed E-state index contributed by atoms with van der Waals surface area (Å²) in [6.45, 7) is 5.36. The van der Waals surface area contributed by atoms with Crippen LogP contribution in [0.3, 0.4) is 0 Å². The highest BCUT2D eigenvalue weighted by atomic mass is 16.5. The van der Waals surface area contributed by atoms with Gasteiger partial charge in [0.1, 0.15) is 30.0 Å². The van der Waals surface area contributed by atoms with Crippen LogP contribution in [-0.2, 0) is 16.1 Å². The number of hydrogen-bond acceptors (Lipinski definition) is 6. The lowest BCUT2D eigenvalue weighted by atomic mass is 10.1. The third-order valence-corrected chi connectivity index (χ3v) is 5.19. The minimum absolute atomic E-state index is 0.00398. The van der Waals surface area contributed by atoms with Crippen LogP contribution in [0.25, 0.3) is 11.1 Å². The number of methoxy groups -OCH3 is 1. The van der Waals surface area contributed by atoms with E-state index >= 15 is 0 Å². The molecule has 2 aromatic heterocycles. The Morgan fingerprint density at radius 3 is 2.80 bits per heavy atom. The molecule has 1 saturated heterocycles. The third-order valence-electron chi connectivity index (χ3n) is 5.19. The van der Waals surface area contributed by atoms with Gasteiger partial charge in [0.15, 0.2) is 0 Å². The zero-order valence-corrected chi connectivity index (χ0v) is 17.4. The van der Waals surface area contributed by atoms with Crippen LogP contribution in [0.2, 0.25) is 0 Å². The summed E-state index contributed by atoms with van der Waals surface area (Å²) in [5.41, 5.74) is 2.85. The Balaban J connectivity index is 1.44. The fourth-order valence-corrected chi connectivity index (χ4v) is 3.56. The number of rotatable bonds is 5. The predicted molar refractivity (Wildman–Crippen MR) is 111 cm³/mol. The smallest absolute Gasteiger partial charge is 0.244 e. The quantitative estimate of drug-likeness (QED) is 0.647. The summed E-state index contributed by atoms with van der Waals surface area (Å²) in [6, 6.07) is 11.8. The Morgan fingerprint density at radius 2 is 2.10 bits per heavy atom. The second kappa shape index (κ2) is 8.62. The first kappa shape index (κ1) is 20.0. The number of carbonyl (C=O) groups excluding carboxylic acids is 1. The molecule has 3 aromatic rings. The Kier molecular flexibility index (Phi) is 5.76. The van der Waals surface area contributed by atoms with Crippen LogP contribution in [0.1, 0.15) is 23.4 Å². The predicted octanol–water partition coefficient (Wildman–Crippen LogP) is 2.57. The van der Waals surface area contributed by atoms with Crippen molar-refractivity contribution in [1.82, 2.24) is 24.6 Å². The van der Waals surface area contributed by atoms with E-state index in [1.54, 1.807) is 11.8 Å². The number of pyridine rings is 1. The van der Waals surface area contributed by atoms with Gasteiger partial charge in [0.05, 0.1) is 26.0 Å². The number of aryl methyl sites for hydroxylation is 2. The molecular formula is C22H25N5O3. The van der Waals surface area contributed by atoms with E-state index in [-0.39, 0.29) is 18.6 Å². The molecule has 30 heavy (non-hydrogen) atoms. The number of carbonyl (C=O) groups is 1. The van der Waals surface area contributed by atoms with Crippen molar-refractivity contribution in [2.24, 2.45) is 0 Å². The Morgan fingerprint density at radius 1 is 1.23 bits per heavy atom. The first-order chi connectivity index (χ1) is 14.5. The second-order valence-electron chi connectivity index (χ2n) is 7.27. The third kappa shape index (κ3) is 4.33. The van der Waals surface area contributed by atoms with Crippen LogP contribution in [0.15, 0.2) is 42.6 Å². The molecule has 3 heterocycles. The maximum absolute atomic E-state index is 12.8. The van der Waals surface area contributed by atoms with Crippen LogP contribution in [0.4, 0.5) is 0 Å². The molecule has 0 saturated carbocycles. The van der Waals surface area contributed by atoms with E-state index in [0.717, 1.165) is 28.4 Å². The van der Waals surface area contributed by atoms with Gasteiger partial charge in [0.25, 0.3) is 0 Å². The molecule has 8 nitrogen and oxygen atoms in total. The molecule has 1 aliphatic heterocycles. The normalized spacial score (nSPS) is 16.5. The lowest BCUT2D eigenvalue weighted by Gasteiger charge is -2.32. The lowest BCUT2D eigenvalue weighted by molar-refractivity contribution is -0.140. The van der Waals surface area contributed by atoms with Gasteiger partial charge >= 0.3 is 0 Å². The van der Waals surface area contributed by atoms with E-state index in [4.69, 9.17) is 9.47 Å². The van der Waals surface area contributed by atoms with Crippen molar-refractivity contribution in [3.8, 4) is 16.9 Å². The fraction of sp³-hybridized carbons (Fsp3) is 0.364. The van der Waals surface area contributed by atoms with Gasteiger partial charge in [0, 0.05) is 18.3 Å². The molecule has 8 heteroatoms. The van der Waals surface area contributed by atoms with Gasteiger partial charge in [-0.1, -0.05) is 18.2 Å². The summed E-state index contributed by atoms with van der Waals surface area (Å²) in [4.78, 5) is 23.4. The fourth-order valence-electron chi connectivity index (χ4n) is 3.56. The maximum Gasteiger partial charge on any atom is 0.244 e. The van der Waals surface area contributed by atoms with Crippen molar-refractivity contribution in [2.45, 2.75) is 26.5 Å². The molecule has 0 radical (unpaired) electrons. The Hall–Kier alpha value is -3.26. The van der Waals surface area contributed by atoms with E-state index < -0.39 is 0 Å². The van der Waals surface area contributed by atoms with Crippen molar-refractivity contribution in [1.29, 1.82) is 0 Å². The molecule has 0 N–H and O–H groups in total. The molecule has 1 amide bonds. The molecule has 0 bridgehead atoms. The molecule has 1 unspecified atom stereocenters. The number of hydrogen-bond donors (Lipinski definition) is 0. The molecule has 0 spiro atoms. The molecule has 1 fully saturated rings. The molecule has 0 aliphatic carbocycles. The lowest BCUT2D eigenvalue weighted by Crippen LogP contribution is -2.44. The highest BCUT2D eigenvalue weighted by molar-refractivity contribution is 5.76. The number of amides is 1. The van der Waals surface area contributed by atoms with Crippen LogP contribution < -0.4 is 4.74 Å². The van der Waals surface area contributed by atoms with Gasteiger partial charge in [-0.25, -0.2) is 9.67 Å². The Labute approximate surface area is 175 Å². The van der Waals surface area contributed by atoms with Gasteiger partial charge < -0.3 is 14.4 Å². The minimum Gasteiger partial charge on any atom is -0.497 e.